The lowest BCUT2D eigenvalue weighted by Crippen LogP contribution is -2.49. The summed E-state index contributed by atoms with van der Waals surface area (Å²) in [6, 6.07) is 19.5. The predicted molar refractivity (Wildman–Crippen MR) is 110 cm³/mol. The highest BCUT2D eigenvalue weighted by molar-refractivity contribution is 6.03. The average Bonchev–Trinajstić information content (AvgIpc) is 2.62. The summed E-state index contributed by atoms with van der Waals surface area (Å²) in [6.07, 6.45) is 0. The van der Waals surface area contributed by atoms with E-state index in [1.807, 2.05) is 79.4 Å². The summed E-state index contributed by atoms with van der Waals surface area (Å²) in [5, 5.41) is 5.18. The second kappa shape index (κ2) is 6.50. The molecule has 1 aliphatic heterocycles. The number of rotatable bonds is 3. The van der Waals surface area contributed by atoms with E-state index in [0.717, 1.165) is 27.9 Å². The summed E-state index contributed by atoms with van der Waals surface area (Å²) in [7, 11) is 0. The number of fused-ring (bicyclic) bond motifs is 2. The summed E-state index contributed by atoms with van der Waals surface area (Å²) in [5.41, 5.74) is 7.88. The zero-order valence-corrected chi connectivity index (χ0v) is 15.5. The molecule has 0 fully saturated rings. The highest BCUT2D eigenvalue weighted by atomic mass is 16.5. The van der Waals surface area contributed by atoms with E-state index in [1.165, 1.54) is 0 Å². The maximum absolute atomic E-state index is 12.8. The van der Waals surface area contributed by atoms with E-state index >= 15 is 0 Å². The molecule has 27 heavy (non-hydrogen) atoms. The number of amides is 1. The van der Waals surface area contributed by atoms with Crippen LogP contribution in [0.2, 0.25) is 0 Å². The van der Waals surface area contributed by atoms with E-state index in [9.17, 15) is 4.79 Å². The van der Waals surface area contributed by atoms with Crippen molar-refractivity contribution in [2.75, 3.05) is 29.0 Å². The van der Waals surface area contributed by atoms with Gasteiger partial charge in [-0.25, -0.2) is 0 Å². The van der Waals surface area contributed by atoms with Gasteiger partial charge in [-0.05, 0) is 43.5 Å². The Balaban J connectivity index is 1.58. The molecule has 5 nitrogen and oxygen atoms in total. The lowest BCUT2D eigenvalue weighted by Gasteiger charge is -2.40. The molecule has 0 aromatic heterocycles. The molecule has 4 rings (SSSR count). The van der Waals surface area contributed by atoms with Crippen LogP contribution in [-0.2, 0) is 4.79 Å². The number of nitrogens with zero attached hydrogens (tertiary/aromatic N) is 1. The Hall–Kier alpha value is -3.21. The van der Waals surface area contributed by atoms with Crippen molar-refractivity contribution in [1.82, 2.24) is 0 Å². The van der Waals surface area contributed by atoms with Crippen LogP contribution in [0.1, 0.15) is 13.8 Å². The second-order valence-electron chi connectivity index (χ2n) is 7.52. The molecule has 0 saturated heterocycles. The van der Waals surface area contributed by atoms with Crippen molar-refractivity contribution < 1.29 is 9.53 Å². The molecule has 0 unspecified atom stereocenters. The van der Waals surface area contributed by atoms with Gasteiger partial charge in [-0.3, -0.25) is 4.79 Å². The molecular formula is C22H23N3O2. The number of carbonyl (C=O) groups is 1. The summed E-state index contributed by atoms with van der Waals surface area (Å²) in [6.45, 7) is 4.86. The van der Waals surface area contributed by atoms with E-state index in [-0.39, 0.29) is 18.1 Å². The number of hydrogen-bond acceptors (Lipinski definition) is 4. The van der Waals surface area contributed by atoms with Gasteiger partial charge in [0.25, 0.3) is 0 Å². The quantitative estimate of drug-likeness (QED) is 0.691. The van der Waals surface area contributed by atoms with Crippen LogP contribution in [0.15, 0.2) is 60.7 Å². The normalized spacial score (nSPS) is 15.1. The zero-order chi connectivity index (χ0) is 19.0. The van der Waals surface area contributed by atoms with Crippen molar-refractivity contribution in [3.63, 3.8) is 0 Å². The summed E-state index contributed by atoms with van der Waals surface area (Å²) in [5.74, 6) is 0.677. The van der Waals surface area contributed by atoms with Gasteiger partial charge in [0.15, 0.2) is 0 Å². The van der Waals surface area contributed by atoms with Crippen LogP contribution in [0.4, 0.5) is 17.1 Å². The molecule has 1 amide bonds. The maximum atomic E-state index is 12.8. The highest BCUT2D eigenvalue weighted by Gasteiger charge is 2.32. The molecule has 0 spiro atoms. The maximum Gasteiger partial charge on any atom is 0.243 e. The van der Waals surface area contributed by atoms with Crippen LogP contribution in [-0.4, -0.2) is 24.6 Å². The number of nitrogen functional groups attached to an aromatic ring is 1. The Morgan fingerprint density at radius 3 is 2.78 bits per heavy atom. The Morgan fingerprint density at radius 2 is 1.93 bits per heavy atom. The SMILES string of the molecule is CC1(C)CN(CC(=O)Nc2cccc3ccccc23)c2cc(N)ccc2O1. The molecule has 1 aliphatic rings. The largest absolute Gasteiger partial charge is 0.484 e. The first-order chi connectivity index (χ1) is 12.9. The minimum absolute atomic E-state index is 0.0718. The molecule has 0 bridgehead atoms. The fraction of sp³-hybridized carbons (Fsp3) is 0.227. The molecule has 0 aliphatic carbocycles. The summed E-state index contributed by atoms with van der Waals surface area (Å²) >= 11 is 0. The summed E-state index contributed by atoms with van der Waals surface area (Å²) < 4.78 is 6.03. The monoisotopic (exact) mass is 361 g/mol. The number of anilines is 3. The Kier molecular flexibility index (Phi) is 4.15. The molecule has 0 saturated carbocycles. The molecule has 138 valence electrons. The molecule has 3 aromatic rings. The zero-order valence-electron chi connectivity index (χ0n) is 15.5. The molecule has 5 heteroatoms. The smallest absolute Gasteiger partial charge is 0.243 e. The molecule has 1 heterocycles. The van der Waals surface area contributed by atoms with E-state index in [4.69, 9.17) is 10.5 Å². The van der Waals surface area contributed by atoms with Crippen LogP contribution < -0.4 is 20.7 Å². The van der Waals surface area contributed by atoms with E-state index in [1.54, 1.807) is 0 Å². The fourth-order valence-electron chi connectivity index (χ4n) is 3.58. The third-order valence-corrected chi connectivity index (χ3v) is 4.68. The molecular weight excluding hydrogens is 338 g/mol. The van der Waals surface area contributed by atoms with E-state index in [0.29, 0.717) is 12.2 Å². The Morgan fingerprint density at radius 1 is 1.15 bits per heavy atom. The van der Waals surface area contributed by atoms with Gasteiger partial charge >= 0.3 is 0 Å². The molecule has 0 radical (unpaired) electrons. The fourth-order valence-corrected chi connectivity index (χ4v) is 3.58. The van der Waals surface area contributed by atoms with Crippen LogP contribution in [0, 0.1) is 0 Å². The first-order valence-electron chi connectivity index (χ1n) is 9.02. The number of ether oxygens (including phenoxy) is 1. The third kappa shape index (κ3) is 3.53. The van der Waals surface area contributed by atoms with Crippen LogP contribution in [0.25, 0.3) is 10.8 Å². The Bertz CT molecular complexity index is 1010. The van der Waals surface area contributed by atoms with Gasteiger partial charge in [0, 0.05) is 16.8 Å². The number of nitrogens with one attached hydrogen (secondary N) is 1. The van der Waals surface area contributed by atoms with Crippen LogP contribution in [0.3, 0.4) is 0 Å². The standard InChI is InChI=1S/C22H23N3O2/c1-22(2)14-25(19-12-16(23)10-11-20(19)27-22)13-21(26)24-18-9-5-7-15-6-3-4-8-17(15)18/h3-12H,13-14,23H2,1-2H3,(H,24,26). The van der Waals surface area contributed by atoms with Gasteiger partial charge < -0.3 is 20.7 Å². The lowest BCUT2D eigenvalue weighted by molar-refractivity contribution is -0.115. The second-order valence-corrected chi connectivity index (χ2v) is 7.52. The molecule has 3 N–H and O–H groups in total. The minimum atomic E-state index is -0.386. The Labute approximate surface area is 158 Å². The third-order valence-electron chi connectivity index (χ3n) is 4.68. The first kappa shape index (κ1) is 17.2. The minimum Gasteiger partial charge on any atom is -0.484 e. The van der Waals surface area contributed by atoms with E-state index in [2.05, 4.69) is 5.32 Å². The first-order valence-corrected chi connectivity index (χ1v) is 9.02. The van der Waals surface area contributed by atoms with Gasteiger partial charge in [0.05, 0.1) is 18.8 Å². The number of benzene rings is 3. The van der Waals surface area contributed by atoms with Crippen molar-refractivity contribution in [2.45, 2.75) is 19.4 Å². The molecule has 0 atom stereocenters. The number of carbonyl (C=O) groups excluding carboxylic acids is 1. The van der Waals surface area contributed by atoms with Gasteiger partial charge in [-0.15, -0.1) is 0 Å². The lowest BCUT2D eigenvalue weighted by atomic mass is 10.0. The van der Waals surface area contributed by atoms with Crippen LogP contribution >= 0.6 is 0 Å². The van der Waals surface area contributed by atoms with Crippen molar-refractivity contribution >= 4 is 33.7 Å². The van der Waals surface area contributed by atoms with Crippen molar-refractivity contribution in [1.29, 1.82) is 0 Å². The summed E-state index contributed by atoms with van der Waals surface area (Å²) in [4.78, 5) is 14.8. The van der Waals surface area contributed by atoms with Crippen LogP contribution in [0.5, 0.6) is 5.75 Å². The number of hydrogen-bond donors (Lipinski definition) is 2. The van der Waals surface area contributed by atoms with Gasteiger partial charge in [-0.1, -0.05) is 36.4 Å². The van der Waals surface area contributed by atoms with Gasteiger partial charge in [0.2, 0.25) is 5.91 Å². The van der Waals surface area contributed by atoms with Crippen molar-refractivity contribution in [2.24, 2.45) is 0 Å². The molecule has 3 aromatic carbocycles. The number of nitrogens with two attached hydrogens (primary N) is 1. The van der Waals surface area contributed by atoms with Gasteiger partial charge in [0.1, 0.15) is 11.4 Å². The average molecular weight is 361 g/mol. The highest BCUT2D eigenvalue weighted by Crippen LogP contribution is 2.38. The van der Waals surface area contributed by atoms with Crippen molar-refractivity contribution in [3.8, 4) is 5.75 Å². The predicted octanol–water partition coefficient (Wildman–Crippen LogP) is 4.04. The topological polar surface area (TPSA) is 67.6 Å². The van der Waals surface area contributed by atoms with E-state index < -0.39 is 0 Å². The van der Waals surface area contributed by atoms with Gasteiger partial charge in [-0.2, -0.15) is 0 Å². The van der Waals surface area contributed by atoms with Crippen molar-refractivity contribution in [3.05, 3.63) is 60.7 Å².